The second-order valence-electron chi connectivity index (χ2n) is 22.3. The van der Waals surface area contributed by atoms with Gasteiger partial charge in [0.1, 0.15) is 22.3 Å². The van der Waals surface area contributed by atoms with E-state index in [4.69, 9.17) is 8.83 Å². The molecule has 0 spiro atoms. The number of benzene rings is 13. The van der Waals surface area contributed by atoms with Gasteiger partial charge in [-0.2, -0.15) is 0 Å². The highest BCUT2D eigenvalue weighted by atomic mass is 16.3. The monoisotopic (exact) mass is 1070 g/mol. The van der Waals surface area contributed by atoms with Crippen LogP contribution in [0.2, 0.25) is 0 Å². The Morgan fingerprint density at radius 2 is 0.607 bits per heavy atom. The summed E-state index contributed by atoms with van der Waals surface area (Å²) in [5.41, 5.74) is 28.4. The van der Waals surface area contributed by atoms with E-state index in [9.17, 15) is 0 Å². The number of para-hydroxylation sites is 6. The van der Waals surface area contributed by atoms with Gasteiger partial charge in [-0.15, -0.1) is 0 Å². The lowest BCUT2D eigenvalue weighted by Crippen LogP contribution is -2.61. The van der Waals surface area contributed by atoms with Crippen molar-refractivity contribution in [2.45, 2.75) is 6.92 Å². The Hall–Kier alpha value is -10.9. The van der Waals surface area contributed by atoms with Gasteiger partial charge >= 0.3 is 0 Å². The first kappa shape index (κ1) is 47.9. The van der Waals surface area contributed by atoms with Crippen LogP contribution in [0.5, 0.6) is 0 Å². The molecule has 2 aliphatic rings. The summed E-state index contributed by atoms with van der Waals surface area (Å²) in [6, 6.07) is 107. The van der Waals surface area contributed by atoms with Gasteiger partial charge in [-0.1, -0.05) is 255 Å². The molecule has 0 saturated heterocycles. The Morgan fingerprint density at radius 3 is 1.00 bits per heavy atom. The lowest BCUT2D eigenvalue weighted by molar-refractivity contribution is 0.669. The molecule has 0 unspecified atom stereocenters. The van der Waals surface area contributed by atoms with Crippen LogP contribution >= 0.6 is 0 Å². The zero-order valence-electron chi connectivity index (χ0n) is 46.0. The van der Waals surface area contributed by atoms with E-state index in [-0.39, 0.29) is 6.71 Å². The van der Waals surface area contributed by atoms with Crippen molar-refractivity contribution >= 4 is 101 Å². The number of furan rings is 2. The molecule has 0 amide bonds. The van der Waals surface area contributed by atoms with Gasteiger partial charge in [0.25, 0.3) is 6.71 Å². The van der Waals surface area contributed by atoms with Gasteiger partial charge in [0, 0.05) is 77.7 Å². The topological polar surface area (TPSA) is 32.8 Å². The summed E-state index contributed by atoms with van der Waals surface area (Å²) in [4.78, 5) is 5.22. The van der Waals surface area contributed by atoms with Crippen molar-refractivity contribution in [2.24, 2.45) is 0 Å². The molecule has 15 aromatic rings. The summed E-state index contributed by atoms with van der Waals surface area (Å²) in [5, 5.41) is 4.42. The van der Waals surface area contributed by atoms with Crippen molar-refractivity contribution in [1.29, 1.82) is 0 Å². The summed E-state index contributed by atoms with van der Waals surface area (Å²) in [5.74, 6) is 0. The fraction of sp³-hybridized carbons (Fsp3) is 0.0127. The van der Waals surface area contributed by atoms with Crippen LogP contribution in [0.4, 0.5) is 34.1 Å². The lowest BCUT2D eigenvalue weighted by atomic mass is 9.33. The summed E-state index contributed by atoms with van der Waals surface area (Å²) in [7, 11) is 0. The molecule has 5 heteroatoms. The molecule has 0 fully saturated rings. The zero-order chi connectivity index (χ0) is 55.4. The van der Waals surface area contributed by atoms with Crippen LogP contribution in [0, 0.1) is 6.92 Å². The first-order valence-electron chi connectivity index (χ1n) is 28.9. The molecular formula is C79H51BN2O2. The van der Waals surface area contributed by atoms with Gasteiger partial charge in [0.05, 0.1) is 11.4 Å². The number of anilines is 6. The average molecular weight is 1070 g/mol. The van der Waals surface area contributed by atoms with Crippen LogP contribution in [0.25, 0.3) is 111 Å². The van der Waals surface area contributed by atoms with Gasteiger partial charge in [-0.05, 0) is 98.7 Å². The average Bonchev–Trinajstić information content (AvgIpc) is 1.15. The minimum Gasteiger partial charge on any atom is -0.455 e. The molecule has 0 atom stereocenters. The van der Waals surface area contributed by atoms with Crippen LogP contribution in [0.15, 0.2) is 300 Å². The van der Waals surface area contributed by atoms with E-state index in [2.05, 4.69) is 308 Å². The molecule has 2 aromatic heterocycles. The van der Waals surface area contributed by atoms with Gasteiger partial charge in [0.15, 0.2) is 0 Å². The number of hydrogen-bond donors (Lipinski definition) is 0. The predicted octanol–water partition coefficient (Wildman–Crippen LogP) is 19.9. The number of rotatable bonds is 8. The van der Waals surface area contributed by atoms with Crippen molar-refractivity contribution in [1.82, 2.24) is 0 Å². The molecule has 2 aliphatic heterocycles. The van der Waals surface area contributed by atoms with E-state index in [1.165, 1.54) is 16.4 Å². The molecule has 0 aliphatic carbocycles. The molecule has 84 heavy (non-hydrogen) atoms. The lowest BCUT2D eigenvalue weighted by Gasteiger charge is -2.46. The van der Waals surface area contributed by atoms with Crippen molar-refractivity contribution in [2.75, 3.05) is 9.80 Å². The van der Waals surface area contributed by atoms with E-state index < -0.39 is 0 Å². The number of fused-ring (bicyclic) bond motifs is 10. The maximum atomic E-state index is 6.87. The molecule has 13 aromatic carbocycles. The van der Waals surface area contributed by atoms with Gasteiger partial charge in [0.2, 0.25) is 0 Å². The van der Waals surface area contributed by atoms with Crippen LogP contribution in [0.1, 0.15) is 5.56 Å². The zero-order valence-corrected chi connectivity index (χ0v) is 46.0. The molecule has 392 valence electrons. The maximum absolute atomic E-state index is 6.87. The molecule has 0 N–H and O–H groups in total. The van der Waals surface area contributed by atoms with E-state index in [0.29, 0.717) is 0 Å². The number of hydrogen-bond acceptors (Lipinski definition) is 4. The highest BCUT2D eigenvalue weighted by molar-refractivity contribution is 7.00. The summed E-state index contributed by atoms with van der Waals surface area (Å²) >= 11 is 0. The van der Waals surface area contributed by atoms with Crippen molar-refractivity contribution in [3.63, 3.8) is 0 Å². The predicted molar refractivity (Wildman–Crippen MR) is 352 cm³/mol. The van der Waals surface area contributed by atoms with Gasteiger partial charge in [-0.25, -0.2) is 0 Å². The number of aryl methyl sites for hydroxylation is 1. The van der Waals surface area contributed by atoms with Gasteiger partial charge < -0.3 is 18.6 Å². The van der Waals surface area contributed by atoms with Crippen LogP contribution < -0.4 is 26.2 Å². The Balaban J connectivity index is 1.02. The minimum atomic E-state index is -0.245. The third-order valence-electron chi connectivity index (χ3n) is 17.5. The van der Waals surface area contributed by atoms with E-state index >= 15 is 0 Å². The Bertz CT molecular complexity index is 4670. The normalized spacial score (nSPS) is 12.5. The van der Waals surface area contributed by atoms with Crippen molar-refractivity contribution < 1.29 is 8.83 Å². The SMILES string of the molecule is Cc1cc2c3c(c1)N(c1c(-c4ccccc4)cccc1-c1ccccc1)c1ccc(-c4cccc5c4oc4ccccc45)cc1B3c1cc(-c3cccc4c3oc3ccccc34)ccc1N2c1c(-c2ccccc2)cccc1-c1ccccc1. The van der Waals surface area contributed by atoms with Crippen molar-refractivity contribution in [3.8, 4) is 66.8 Å². The number of nitrogens with zero attached hydrogens (tertiary/aromatic N) is 2. The van der Waals surface area contributed by atoms with E-state index in [0.717, 1.165) is 150 Å². The first-order valence-corrected chi connectivity index (χ1v) is 28.9. The Labute approximate surface area is 487 Å². The molecular weight excluding hydrogens is 1020 g/mol. The molecule has 0 saturated carbocycles. The maximum Gasteiger partial charge on any atom is 0.252 e. The fourth-order valence-corrected chi connectivity index (χ4v) is 13.9. The largest absolute Gasteiger partial charge is 0.455 e. The van der Waals surface area contributed by atoms with E-state index in [1.807, 2.05) is 0 Å². The highest BCUT2D eigenvalue weighted by Crippen LogP contribution is 2.53. The molecule has 0 bridgehead atoms. The minimum absolute atomic E-state index is 0.245. The third kappa shape index (κ3) is 7.42. The van der Waals surface area contributed by atoms with Crippen molar-refractivity contribution in [3.05, 3.63) is 297 Å². The quantitative estimate of drug-likeness (QED) is 0.142. The van der Waals surface area contributed by atoms with Crippen LogP contribution in [-0.4, -0.2) is 6.71 Å². The van der Waals surface area contributed by atoms with E-state index in [1.54, 1.807) is 0 Å². The Kier molecular flexibility index (Phi) is 10.9. The second kappa shape index (κ2) is 19.1. The second-order valence-corrected chi connectivity index (χ2v) is 22.3. The summed E-state index contributed by atoms with van der Waals surface area (Å²) in [6.07, 6.45) is 0. The smallest absolute Gasteiger partial charge is 0.252 e. The molecule has 17 rings (SSSR count). The highest BCUT2D eigenvalue weighted by Gasteiger charge is 2.45. The summed E-state index contributed by atoms with van der Waals surface area (Å²) < 4.78 is 13.7. The fourth-order valence-electron chi connectivity index (χ4n) is 13.9. The van der Waals surface area contributed by atoms with Gasteiger partial charge in [-0.3, -0.25) is 0 Å². The Morgan fingerprint density at radius 1 is 0.274 bits per heavy atom. The van der Waals surface area contributed by atoms with Crippen LogP contribution in [-0.2, 0) is 0 Å². The molecule has 4 nitrogen and oxygen atoms in total. The third-order valence-corrected chi connectivity index (χ3v) is 17.5. The molecule has 0 radical (unpaired) electrons. The molecule has 4 heterocycles. The first-order chi connectivity index (χ1) is 41.6. The van der Waals surface area contributed by atoms with Crippen LogP contribution in [0.3, 0.4) is 0 Å². The summed E-state index contributed by atoms with van der Waals surface area (Å²) in [6.45, 7) is 2.02. The standard InChI is InChI=1S/C79H51BN2O2/c1-50-46-71-75-72(47-50)82(77-59(53-26-10-4-11-27-53)34-19-35-60(77)54-28-12-5-13-29-54)70-45-43-56(62-37-21-39-66-64-31-15-17-41-74(64)84-79(62)66)49-68(70)80(75)67-48-55(61-36-20-38-65-63-30-14-16-40-73(63)83-78(61)65)42-44-69(67)81(71)76-57(51-22-6-2-7-23-51)32-18-33-58(76)52-24-8-3-9-25-52/h2-49H,1H3.